The van der Waals surface area contributed by atoms with Gasteiger partial charge in [-0.2, -0.15) is 10.5 Å². The summed E-state index contributed by atoms with van der Waals surface area (Å²) < 4.78 is 0. The molecule has 37 heavy (non-hydrogen) atoms. The number of para-hydroxylation sites is 1. The Morgan fingerprint density at radius 2 is 1.14 bits per heavy atom. The fraction of sp³-hybridized carbons (Fsp3) is 0. The van der Waals surface area contributed by atoms with E-state index in [0.717, 1.165) is 49.7 Å². The molecule has 0 fully saturated rings. The molecule has 3 heteroatoms. The molecule has 0 atom stereocenters. The Labute approximate surface area is 216 Å². The molecule has 174 valence electrons. The number of benzene rings is 5. The van der Waals surface area contributed by atoms with E-state index in [1.54, 1.807) is 6.08 Å². The molecule has 0 radical (unpaired) electrons. The van der Waals surface area contributed by atoms with Crippen molar-refractivity contribution in [3.05, 3.63) is 144 Å². The van der Waals surface area contributed by atoms with Crippen molar-refractivity contribution in [2.24, 2.45) is 0 Å². The van der Waals surface area contributed by atoms with Crippen LogP contribution in [0.2, 0.25) is 0 Å². The van der Waals surface area contributed by atoms with Crippen molar-refractivity contribution in [1.82, 2.24) is 0 Å². The summed E-state index contributed by atoms with van der Waals surface area (Å²) >= 11 is 0. The number of nitriles is 2. The van der Waals surface area contributed by atoms with E-state index in [4.69, 9.17) is 0 Å². The summed E-state index contributed by atoms with van der Waals surface area (Å²) in [4.78, 5) is 2.06. The molecule has 0 aliphatic rings. The summed E-state index contributed by atoms with van der Waals surface area (Å²) in [5, 5.41) is 23.0. The largest absolute Gasteiger partial charge is 0.311 e. The molecule has 0 aliphatic heterocycles. The molecule has 0 saturated carbocycles. The maximum Gasteiger partial charge on any atom is 0.100 e. The van der Waals surface area contributed by atoms with Crippen LogP contribution in [0.25, 0.3) is 33.7 Å². The molecule has 5 aromatic rings. The lowest BCUT2D eigenvalue weighted by Crippen LogP contribution is -2.13. The van der Waals surface area contributed by atoms with E-state index in [0.29, 0.717) is 11.1 Å². The Hall–Kier alpha value is -5.38. The van der Waals surface area contributed by atoms with Gasteiger partial charge in [-0.15, -0.1) is 0 Å². The lowest BCUT2D eigenvalue weighted by atomic mass is 9.91. The first-order valence-corrected chi connectivity index (χ1v) is 11.9. The smallest absolute Gasteiger partial charge is 0.100 e. The van der Waals surface area contributed by atoms with Crippen LogP contribution in [0.1, 0.15) is 22.3 Å². The van der Waals surface area contributed by atoms with Gasteiger partial charge in [0.15, 0.2) is 0 Å². The van der Waals surface area contributed by atoms with Crippen molar-refractivity contribution in [2.75, 3.05) is 4.90 Å². The topological polar surface area (TPSA) is 50.8 Å². The summed E-state index contributed by atoms with van der Waals surface area (Å²) in [6, 6.07) is 36.5. The van der Waals surface area contributed by atoms with Crippen LogP contribution >= 0.6 is 0 Å². The molecule has 0 saturated heterocycles. The third-order valence-electron chi connectivity index (χ3n) is 6.43. The average molecular weight is 474 g/mol. The molecular weight excluding hydrogens is 450 g/mol. The fourth-order valence-corrected chi connectivity index (χ4v) is 4.62. The molecule has 0 N–H and O–H groups in total. The Kier molecular flexibility index (Phi) is 6.37. The summed E-state index contributed by atoms with van der Waals surface area (Å²) in [6.07, 6.45) is 5.81. The van der Waals surface area contributed by atoms with Gasteiger partial charge in [0, 0.05) is 38.6 Å². The zero-order valence-electron chi connectivity index (χ0n) is 20.2. The van der Waals surface area contributed by atoms with E-state index in [-0.39, 0.29) is 0 Å². The van der Waals surface area contributed by atoms with Crippen LogP contribution in [0.15, 0.2) is 122 Å². The quantitative estimate of drug-likeness (QED) is 0.141. The lowest BCUT2D eigenvalue weighted by Gasteiger charge is -2.25. The van der Waals surface area contributed by atoms with Crippen molar-refractivity contribution in [3.63, 3.8) is 0 Å². The number of nitrogens with zero attached hydrogens (tertiary/aromatic N) is 3. The average Bonchev–Trinajstić information content (AvgIpc) is 2.96. The second-order valence-corrected chi connectivity index (χ2v) is 8.62. The minimum Gasteiger partial charge on any atom is -0.311 e. The lowest BCUT2D eigenvalue weighted by molar-refractivity contribution is 1.22. The Morgan fingerprint density at radius 3 is 1.76 bits per heavy atom. The predicted octanol–water partition coefficient (Wildman–Crippen LogP) is 8.74. The Bertz CT molecular complexity index is 1760. The first-order chi connectivity index (χ1) is 18.1. The first-order valence-electron chi connectivity index (χ1n) is 11.9. The van der Waals surface area contributed by atoms with Gasteiger partial charge < -0.3 is 4.90 Å². The Morgan fingerprint density at radius 1 is 0.622 bits per heavy atom. The summed E-state index contributed by atoms with van der Waals surface area (Å²) in [7, 11) is 0. The Balaban J connectivity index is 1.50. The minimum atomic E-state index is 0.590. The zero-order chi connectivity index (χ0) is 25.8. The van der Waals surface area contributed by atoms with Crippen LogP contribution in [-0.4, -0.2) is 0 Å². The summed E-state index contributed by atoms with van der Waals surface area (Å²) in [5.41, 5.74) is 5.99. The van der Waals surface area contributed by atoms with Crippen molar-refractivity contribution < 1.29 is 0 Å². The number of rotatable bonds is 6. The molecule has 0 spiro atoms. The second-order valence-electron chi connectivity index (χ2n) is 8.62. The maximum absolute atomic E-state index is 9.94. The summed E-state index contributed by atoms with van der Waals surface area (Å²) in [5.74, 6) is 0. The normalized spacial score (nSPS) is 10.8. The standard InChI is InChI=1S/C34H23N3/c1-3-24(2)37(27-9-5-4-6-10-27)28-18-15-25(16-19-28)13-14-26-17-20-31-32(21-26)34(23-36)30-12-8-7-11-29(30)33(31)22-35/h3-21H,1-2H2. The van der Waals surface area contributed by atoms with Crippen molar-refractivity contribution >= 4 is 45.1 Å². The molecule has 0 heterocycles. The number of allylic oxidation sites excluding steroid dienone is 1. The number of hydrogen-bond donors (Lipinski definition) is 0. The third kappa shape index (κ3) is 4.39. The summed E-state index contributed by atoms with van der Waals surface area (Å²) in [6.45, 7) is 8.03. The minimum absolute atomic E-state index is 0.590. The van der Waals surface area contributed by atoms with E-state index >= 15 is 0 Å². The zero-order valence-corrected chi connectivity index (χ0v) is 20.2. The number of hydrogen-bond acceptors (Lipinski definition) is 3. The van der Waals surface area contributed by atoms with Gasteiger partial charge in [0.05, 0.1) is 11.1 Å². The van der Waals surface area contributed by atoms with E-state index < -0.39 is 0 Å². The van der Waals surface area contributed by atoms with E-state index in [2.05, 4.69) is 54.5 Å². The second kappa shape index (κ2) is 10.1. The molecule has 0 unspecified atom stereocenters. The highest BCUT2D eigenvalue weighted by molar-refractivity contribution is 6.09. The van der Waals surface area contributed by atoms with Gasteiger partial charge in [0.1, 0.15) is 12.1 Å². The van der Waals surface area contributed by atoms with Gasteiger partial charge >= 0.3 is 0 Å². The van der Waals surface area contributed by atoms with Gasteiger partial charge in [-0.3, -0.25) is 0 Å². The molecule has 0 aromatic heterocycles. The molecule has 0 bridgehead atoms. The van der Waals surface area contributed by atoms with Crippen LogP contribution in [0.3, 0.4) is 0 Å². The van der Waals surface area contributed by atoms with Crippen LogP contribution < -0.4 is 4.90 Å². The van der Waals surface area contributed by atoms with Gasteiger partial charge in [0.25, 0.3) is 0 Å². The SMILES string of the molecule is C=CC(=C)N(c1ccccc1)c1ccc(C=Cc2ccc3c(C#N)c4ccccc4c(C#N)c3c2)cc1. The van der Waals surface area contributed by atoms with Crippen molar-refractivity contribution in [3.8, 4) is 12.1 Å². The van der Waals surface area contributed by atoms with Gasteiger partial charge in [0.2, 0.25) is 0 Å². The molecule has 3 nitrogen and oxygen atoms in total. The van der Waals surface area contributed by atoms with Crippen molar-refractivity contribution in [2.45, 2.75) is 0 Å². The molecule has 0 aliphatic carbocycles. The number of anilines is 2. The van der Waals surface area contributed by atoms with Gasteiger partial charge in [-0.25, -0.2) is 0 Å². The van der Waals surface area contributed by atoms with E-state index in [9.17, 15) is 10.5 Å². The highest BCUT2D eigenvalue weighted by atomic mass is 15.1. The van der Waals surface area contributed by atoms with Crippen LogP contribution in [0.5, 0.6) is 0 Å². The highest BCUT2D eigenvalue weighted by Crippen LogP contribution is 2.33. The maximum atomic E-state index is 9.94. The predicted molar refractivity (Wildman–Crippen MR) is 154 cm³/mol. The monoisotopic (exact) mass is 473 g/mol. The third-order valence-corrected chi connectivity index (χ3v) is 6.43. The van der Waals surface area contributed by atoms with Crippen LogP contribution in [0.4, 0.5) is 11.4 Å². The van der Waals surface area contributed by atoms with Crippen molar-refractivity contribution in [1.29, 1.82) is 10.5 Å². The van der Waals surface area contributed by atoms with Gasteiger partial charge in [-0.1, -0.05) is 92.0 Å². The molecule has 0 amide bonds. The highest BCUT2D eigenvalue weighted by Gasteiger charge is 2.14. The number of fused-ring (bicyclic) bond motifs is 2. The first kappa shape index (κ1) is 23.4. The van der Waals surface area contributed by atoms with Gasteiger partial charge in [-0.05, 0) is 47.5 Å². The van der Waals surface area contributed by atoms with Crippen LogP contribution in [0, 0.1) is 22.7 Å². The molecule has 5 rings (SSSR count). The van der Waals surface area contributed by atoms with E-state index in [1.165, 1.54) is 0 Å². The van der Waals surface area contributed by atoms with E-state index in [1.807, 2.05) is 84.9 Å². The van der Waals surface area contributed by atoms with Crippen LogP contribution in [-0.2, 0) is 0 Å². The fourth-order valence-electron chi connectivity index (χ4n) is 4.62. The molecular formula is C34H23N3. The molecule has 5 aromatic carbocycles.